The molecule has 0 bridgehead atoms. The molecule has 0 aromatic heterocycles. The predicted octanol–water partition coefficient (Wildman–Crippen LogP) is 3.44. The zero-order chi connectivity index (χ0) is 14.0. The standard InChI is InChI=1S/C15H22FNOS/c1-15(2,3)12-4-6-14(7-5-12)19(18)17-10-8-13(16)9-11-17/h4-7,13H,8-11H2,1-3H3. The van der Waals surface area contributed by atoms with E-state index >= 15 is 0 Å². The molecule has 1 aliphatic rings. The van der Waals surface area contributed by atoms with Crippen LogP contribution in [0.2, 0.25) is 0 Å². The SMILES string of the molecule is CC(C)(C)c1ccc(S(=O)N2CCC(F)CC2)cc1. The first kappa shape index (κ1) is 14.7. The molecule has 0 radical (unpaired) electrons. The highest BCUT2D eigenvalue weighted by atomic mass is 32.2. The Morgan fingerprint density at radius 1 is 1.16 bits per heavy atom. The van der Waals surface area contributed by atoms with Crippen molar-refractivity contribution < 1.29 is 8.60 Å². The number of benzene rings is 1. The quantitative estimate of drug-likeness (QED) is 0.814. The van der Waals surface area contributed by atoms with E-state index < -0.39 is 17.2 Å². The summed E-state index contributed by atoms with van der Waals surface area (Å²) in [5.41, 5.74) is 1.34. The van der Waals surface area contributed by atoms with Crippen LogP contribution < -0.4 is 0 Å². The Morgan fingerprint density at radius 3 is 2.16 bits per heavy atom. The van der Waals surface area contributed by atoms with Crippen molar-refractivity contribution >= 4 is 11.0 Å². The van der Waals surface area contributed by atoms with E-state index in [4.69, 9.17) is 0 Å². The molecule has 0 aliphatic carbocycles. The first-order chi connectivity index (χ1) is 8.88. The van der Waals surface area contributed by atoms with Crippen molar-refractivity contribution in [1.29, 1.82) is 0 Å². The second kappa shape index (κ2) is 5.71. The molecule has 1 saturated heterocycles. The summed E-state index contributed by atoms with van der Waals surface area (Å²) in [7, 11) is -1.15. The first-order valence-corrected chi connectivity index (χ1v) is 7.90. The lowest BCUT2D eigenvalue weighted by Crippen LogP contribution is -2.35. The zero-order valence-corrected chi connectivity index (χ0v) is 12.7. The molecule has 1 heterocycles. The van der Waals surface area contributed by atoms with Crippen LogP contribution in [0.1, 0.15) is 39.2 Å². The van der Waals surface area contributed by atoms with Gasteiger partial charge in [0.1, 0.15) is 17.2 Å². The average Bonchev–Trinajstić information content (AvgIpc) is 2.38. The van der Waals surface area contributed by atoms with E-state index in [1.54, 1.807) is 0 Å². The molecule has 2 nitrogen and oxygen atoms in total. The molecular formula is C15H22FNOS. The second-order valence-electron chi connectivity index (χ2n) is 6.13. The van der Waals surface area contributed by atoms with Gasteiger partial charge < -0.3 is 0 Å². The van der Waals surface area contributed by atoms with Crippen molar-refractivity contribution in [2.75, 3.05) is 13.1 Å². The molecule has 1 aliphatic heterocycles. The molecular weight excluding hydrogens is 261 g/mol. The Hall–Kier alpha value is -0.740. The smallest absolute Gasteiger partial charge is 0.127 e. The fourth-order valence-corrected chi connectivity index (χ4v) is 3.42. The number of alkyl halides is 1. The van der Waals surface area contributed by atoms with Crippen LogP contribution in [0.4, 0.5) is 4.39 Å². The van der Waals surface area contributed by atoms with Crippen molar-refractivity contribution in [1.82, 2.24) is 4.31 Å². The maximum atomic E-state index is 13.1. The van der Waals surface area contributed by atoms with E-state index in [1.165, 1.54) is 5.56 Å². The largest absolute Gasteiger partial charge is 0.247 e. The summed E-state index contributed by atoms with van der Waals surface area (Å²) in [5, 5.41) is 0. The van der Waals surface area contributed by atoms with Gasteiger partial charge in [0.05, 0.1) is 4.90 Å². The Bertz CT molecular complexity index is 444. The predicted molar refractivity (Wildman–Crippen MR) is 77.3 cm³/mol. The van der Waals surface area contributed by atoms with Gasteiger partial charge in [-0.05, 0) is 36.0 Å². The van der Waals surface area contributed by atoms with Crippen LogP contribution in [0.25, 0.3) is 0 Å². The molecule has 1 fully saturated rings. The zero-order valence-electron chi connectivity index (χ0n) is 11.9. The number of nitrogens with zero attached hydrogens (tertiary/aromatic N) is 1. The normalized spacial score (nSPS) is 20.4. The fraction of sp³-hybridized carbons (Fsp3) is 0.600. The van der Waals surface area contributed by atoms with Crippen LogP contribution in [0, 0.1) is 0 Å². The van der Waals surface area contributed by atoms with Crippen LogP contribution in [0.15, 0.2) is 29.2 Å². The van der Waals surface area contributed by atoms with E-state index in [-0.39, 0.29) is 5.41 Å². The average molecular weight is 283 g/mol. The van der Waals surface area contributed by atoms with Gasteiger partial charge in [-0.2, -0.15) is 0 Å². The van der Waals surface area contributed by atoms with Gasteiger partial charge in [0.2, 0.25) is 0 Å². The monoisotopic (exact) mass is 283 g/mol. The van der Waals surface area contributed by atoms with Crippen LogP contribution in [-0.2, 0) is 16.4 Å². The van der Waals surface area contributed by atoms with Crippen molar-refractivity contribution in [3.63, 3.8) is 0 Å². The van der Waals surface area contributed by atoms with Gasteiger partial charge in [0.25, 0.3) is 0 Å². The van der Waals surface area contributed by atoms with E-state index in [9.17, 15) is 8.60 Å². The van der Waals surface area contributed by atoms with Crippen molar-refractivity contribution in [3.05, 3.63) is 29.8 Å². The van der Waals surface area contributed by atoms with E-state index in [1.807, 2.05) is 28.6 Å². The number of piperidine rings is 1. The highest BCUT2D eigenvalue weighted by molar-refractivity contribution is 7.82. The third kappa shape index (κ3) is 3.63. The molecule has 19 heavy (non-hydrogen) atoms. The van der Waals surface area contributed by atoms with E-state index in [0.717, 1.165) is 4.90 Å². The van der Waals surface area contributed by atoms with Crippen molar-refractivity contribution in [2.24, 2.45) is 0 Å². The summed E-state index contributed by atoms with van der Waals surface area (Å²) >= 11 is 0. The molecule has 0 N–H and O–H groups in total. The van der Waals surface area contributed by atoms with Crippen LogP contribution in [0.3, 0.4) is 0 Å². The Kier molecular flexibility index (Phi) is 4.41. The van der Waals surface area contributed by atoms with Gasteiger partial charge in [-0.3, -0.25) is 0 Å². The second-order valence-corrected chi connectivity index (χ2v) is 7.61. The minimum Gasteiger partial charge on any atom is -0.247 e. The number of halogens is 1. The van der Waals surface area contributed by atoms with E-state index in [2.05, 4.69) is 20.8 Å². The molecule has 1 aromatic rings. The molecule has 2 rings (SSSR count). The third-order valence-electron chi connectivity index (χ3n) is 3.54. The third-order valence-corrected chi connectivity index (χ3v) is 5.05. The maximum absolute atomic E-state index is 13.1. The lowest BCUT2D eigenvalue weighted by atomic mass is 9.87. The Labute approximate surface area is 117 Å². The minimum absolute atomic E-state index is 0.104. The highest BCUT2D eigenvalue weighted by Gasteiger charge is 2.23. The molecule has 0 saturated carbocycles. The van der Waals surface area contributed by atoms with Crippen LogP contribution in [-0.4, -0.2) is 27.8 Å². The number of hydrogen-bond donors (Lipinski definition) is 0. The van der Waals surface area contributed by atoms with Crippen molar-refractivity contribution in [3.8, 4) is 0 Å². The minimum atomic E-state index is -1.15. The summed E-state index contributed by atoms with van der Waals surface area (Å²) in [4.78, 5) is 0.810. The van der Waals surface area contributed by atoms with E-state index in [0.29, 0.717) is 25.9 Å². The van der Waals surface area contributed by atoms with Gasteiger partial charge in [-0.15, -0.1) is 0 Å². The van der Waals surface area contributed by atoms with Gasteiger partial charge in [0.15, 0.2) is 0 Å². The lowest BCUT2D eigenvalue weighted by Gasteiger charge is -2.27. The highest BCUT2D eigenvalue weighted by Crippen LogP contribution is 2.24. The molecule has 106 valence electrons. The first-order valence-electron chi connectivity index (χ1n) is 6.79. The van der Waals surface area contributed by atoms with Gasteiger partial charge in [-0.1, -0.05) is 32.9 Å². The topological polar surface area (TPSA) is 20.3 Å². The fourth-order valence-electron chi connectivity index (χ4n) is 2.21. The van der Waals surface area contributed by atoms with Gasteiger partial charge in [-0.25, -0.2) is 12.9 Å². The summed E-state index contributed by atoms with van der Waals surface area (Å²) < 4.78 is 27.3. The summed E-state index contributed by atoms with van der Waals surface area (Å²) in [6, 6.07) is 7.93. The summed E-state index contributed by atoms with van der Waals surface area (Å²) in [6.45, 7) is 7.63. The summed E-state index contributed by atoms with van der Waals surface area (Å²) in [5.74, 6) is 0. The van der Waals surface area contributed by atoms with Gasteiger partial charge >= 0.3 is 0 Å². The molecule has 0 spiro atoms. The van der Waals surface area contributed by atoms with Gasteiger partial charge in [0, 0.05) is 13.1 Å². The molecule has 4 heteroatoms. The molecule has 1 aromatic carbocycles. The molecule has 0 amide bonds. The summed E-state index contributed by atoms with van der Waals surface area (Å²) in [6.07, 6.45) is 0.258. The Morgan fingerprint density at radius 2 is 1.68 bits per heavy atom. The molecule has 1 unspecified atom stereocenters. The van der Waals surface area contributed by atoms with Crippen LogP contribution in [0.5, 0.6) is 0 Å². The van der Waals surface area contributed by atoms with Crippen LogP contribution >= 0.6 is 0 Å². The van der Waals surface area contributed by atoms with Crippen molar-refractivity contribution in [2.45, 2.75) is 50.1 Å². The number of rotatable bonds is 2. The lowest BCUT2D eigenvalue weighted by molar-refractivity contribution is 0.215. The number of hydrogen-bond acceptors (Lipinski definition) is 1. The Balaban J connectivity index is 2.08. The molecule has 1 atom stereocenters. The maximum Gasteiger partial charge on any atom is 0.127 e.